The molecule has 8 aromatic carbocycles. The van der Waals surface area contributed by atoms with E-state index in [9.17, 15) is 0 Å². The van der Waals surface area contributed by atoms with Crippen LogP contribution in [0.3, 0.4) is 0 Å². The molecule has 0 fully saturated rings. The highest BCUT2D eigenvalue weighted by molar-refractivity contribution is 5.88. The van der Waals surface area contributed by atoms with Crippen molar-refractivity contribution in [2.75, 3.05) is 9.80 Å². The highest BCUT2D eigenvalue weighted by atomic mass is 15.2. The van der Waals surface area contributed by atoms with Gasteiger partial charge in [-0.2, -0.15) is 0 Å². The third-order valence-electron chi connectivity index (χ3n) is 13.1. The molecule has 2 nitrogen and oxygen atoms in total. The van der Waals surface area contributed by atoms with Crippen LogP contribution in [0.4, 0.5) is 34.1 Å². The van der Waals surface area contributed by atoms with Crippen LogP contribution in [0.2, 0.25) is 0 Å². The van der Waals surface area contributed by atoms with Gasteiger partial charge in [0.2, 0.25) is 0 Å². The predicted molar refractivity (Wildman–Crippen MR) is 269 cm³/mol. The van der Waals surface area contributed by atoms with E-state index in [4.69, 9.17) is 0 Å². The smallest absolute Gasteiger partial charge is 0.0713 e. The zero-order valence-electron chi connectivity index (χ0n) is 38.3. The number of fused-ring (bicyclic) bond motifs is 3. The number of benzene rings is 8. The second-order valence-corrected chi connectivity index (χ2v) is 18.9. The van der Waals surface area contributed by atoms with Crippen molar-refractivity contribution in [1.29, 1.82) is 0 Å². The molecular weight excluding hydrogens is 761 g/mol. The van der Waals surface area contributed by atoms with Crippen LogP contribution in [0.25, 0.3) is 11.1 Å². The van der Waals surface area contributed by atoms with Crippen molar-refractivity contribution < 1.29 is 0 Å². The van der Waals surface area contributed by atoms with Gasteiger partial charge in [0.25, 0.3) is 0 Å². The molecule has 0 atom stereocenters. The van der Waals surface area contributed by atoms with Crippen LogP contribution in [0, 0.1) is 27.7 Å². The lowest BCUT2D eigenvalue weighted by molar-refractivity contribution is 0.589. The fourth-order valence-corrected chi connectivity index (χ4v) is 9.79. The first-order chi connectivity index (χ1) is 30.4. The molecule has 2 heteroatoms. The van der Waals surface area contributed by atoms with Crippen LogP contribution < -0.4 is 9.80 Å². The average Bonchev–Trinajstić information content (AvgIpc) is 3.56. The van der Waals surface area contributed by atoms with Gasteiger partial charge >= 0.3 is 0 Å². The second kappa shape index (κ2) is 16.9. The lowest BCUT2D eigenvalue weighted by Gasteiger charge is -2.35. The van der Waals surface area contributed by atoms with Gasteiger partial charge in [-0.05, 0) is 174 Å². The van der Waals surface area contributed by atoms with E-state index in [1.165, 1.54) is 79.6 Å². The molecule has 1 aliphatic carbocycles. The molecule has 0 unspecified atom stereocenters. The predicted octanol–water partition coefficient (Wildman–Crippen LogP) is 16.9. The van der Waals surface area contributed by atoms with Gasteiger partial charge < -0.3 is 9.80 Å². The van der Waals surface area contributed by atoms with Crippen molar-refractivity contribution in [2.45, 2.75) is 85.5 Å². The number of hydrogen-bond donors (Lipinski definition) is 0. The maximum absolute atomic E-state index is 2.43. The average molecular weight is 821 g/mol. The minimum atomic E-state index is -0.485. The summed E-state index contributed by atoms with van der Waals surface area (Å²) in [4.78, 5) is 4.77. The summed E-state index contributed by atoms with van der Waals surface area (Å²) in [5, 5.41) is 0. The Hall–Kier alpha value is -6.64. The van der Waals surface area contributed by atoms with Crippen LogP contribution in [0.1, 0.15) is 96.2 Å². The third-order valence-corrected chi connectivity index (χ3v) is 13.1. The van der Waals surface area contributed by atoms with E-state index in [2.05, 4.69) is 247 Å². The summed E-state index contributed by atoms with van der Waals surface area (Å²) in [6, 6.07) is 68.9. The topological polar surface area (TPSA) is 6.48 Å². The molecule has 0 spiro atoms. The normalized spacial score (nSPS) is 12.8. The zero-order chi connectivity index (χ0) is 43.9. The summed E-state index contributed by atoms with van der Waals surface area (Å²) in [6.45, 7) is 17.9. The molecule has 9 rings (SSSR count). The standard InChI is InChI=1S/C61H60N2/c1-9-10-15-46-20-28-50(29-21-46)62(54-16-11-13-42(2)38-54)52-32-34-53(35-33-52)63(55-17-12-14-43(3)39-55)51-30-26-49(27-31-51)61(48-24-22-47(23-25-48)60(6,7)8)58-40-44(4)18-36-56(58)57-37-19-45(5)41-59(57)61/h11-14,16-41H,9-10,15H2,1-8H3. The number of hydrogen-bond acceptors (Lipinski definition) is 2. The summed E-state index contributed by atoms with van der Waals surface area (Å²) >= 11 is 0. The SMILES string of the molecule is CCCCc1ccc(N(c2ccc(N(c3ccc(C4(c5ccc(C(C)(C)C)cc5)c5cc(C)ccc5-c5ccc(C)cc54)cc3)c3cccc(C)c3)cc2)c2cccc(C)c2)cc1. The van der Waals surface area contributed by atoms with Crippen LogP contribution in [0.5, 0.6) is 0 Å². The highest BCUT2D eigenvalue weighted by Gasteiger charge is 2.46. The Bertz CT molecular complexity index is 2820. The molecule has 0 saturated carbocycles. The van der Waals surface area contributed by atoms with Gasteiger partial charge in [0.1, 0.15) is 0 Å². The maximum atomic E-state index is 2.43. The molecule has 63 heavy (non-hydrogen) atoms. The van der Waals surface area contributed by atoms with Gasteiger partial charge in [-0.25, -0.2) is 0 Å². The molecule has 8 aromatic rings. The Morgan fingerprint density at radius 3 is 1.22 bits per heavy atom. The Labute approximate surface area is 376 Å². The molecule has 0 heterocycles. The van der Waals surface area contributed by atoms with E-state index in [0.717, 1.165) is 40.5 Å². The molecule has 0 saturated heterocycles. The summed E-state index contributed by atoms with van der Waals surface area (Å²) in [7, 11) is 0. The third kappa shape index (κ3) is 7.89. The monoisotopic (exact) mass is 820 g/mol. The number of unbranched alkanes of at least 4 members (excludes halogenated alkanes) is 1. The minimum absolute atomic E-state index is 0.0574. The minimum Gasteiger partial charge on any atom is -0.310 e. The zero-order valence-corrected chi connectivity index (χ0v) is 38.3. The van der Waals surface area contributed by atoms with E-state index in [-0.39, 0.29) is 5.41 Å². The van der Waals surface area contributed by atoms with Crippen LogP contribution in [0.15, 0.2) is 182 Å². The van der Waals surface area contributed by atoms with E-state index in [1.807, 2.05) is 0 Å². The number of aryl methyl sites for hydroxylation is 5. The molecule has 314 valence electrons. The van der Waals surface area contributed by atoms with Crippen LogP contribution >= 0.6 is 0 Å². The maximum Gasteiger partial charge on any atom is 0.0713 e. The van der Waals surface area contributed by atoms with E-state index in [1.54, 1.807) is 0 Å². The first kappa shape index (κ1) is 41.7. The molecule has 1 aliphatic rings. The molecule has 0 aromatic heterocycles. The van der Waals surface area contributed by atoms with E-state index >= 15 is 0 Å². The van der Waals surface area contributed by atoms with Crippen LogP contribution in [-0.4, -0.2) is 0 Å². The van der Waals surface area contributed by atoms with Gasteiger partial charge in [0, 0.05) is 34.1 Å². The van der Waals surface area contributed by atoms with Crippen molar-refractivity contribution in [3.63, 3.8) is 0 Å². The summed E-state index contributed by atoms with van der Waals surface area (Å²) in [6.07, 6.45) is 3.51. The second-order valence-electron chi connectivity index (χ2n) is 18.9. The van der Waals surface area contributed by atoms with Gasteiger partial charge in [0.15, 0.2) is 0 Å². The van der Waals surface area contributed by atoms with Crippen LogP contribution in [-0.2, 0) is 17.3 Å². The lowest BCUT2D eigenvalue weighted by Crippen LogP contribution is -2.29. The van der Waals surface area contributed by atoms with Gasteiger partial charge in [0.05, 0.1) is 5.41 Å². The number of nitrogens with zero attached hydrogens (tertiary/aromatic N) is 2. The first-order valence-electron chi connectivity index (χ1n) is 22.8. The van der Waals surface area contributed by atoms with Gasteiger partial charge in [-0.15, -0.1) is 0 Å². The van der Waals surface area contributed by atoms with Gasteiger partial charge in [-0.3, -0.25) is 0 Å². The fourth-order valence-electron chi connectivity index (χ4n) is 9.79. The van der Waals surface area contributed by atoms with E-state index < -0.39 is 5.41 Å². The highest BCUT2D eigenvalue weighted by Crippen LogP contribution is 2.57. The molecule has 0 bridgehead atoms. The number of anilines is 6. The van der Waals surface area contributed by atoms with Crippen molar-refractivity contribution in [1.82, 2.24) is 0 Å². The Balaban J connectivity index is 1.17. The molecule has 0 amide bonds. The van der Waals surface area contributed by atoms with Crippen molar-refractivity contribution in [3.8, 4) is 11.1 Å². The Kier molecular flexibility index (Phi) is 11.2. The quantitative estimate of drug-likeness (QED) is 0.128. The molecule has 0 radical (unpaired) electrons. The first-order valence-corrected chi connectivity index (χ1v) is 22.8. The molecule has 0 N–H and O–H groups in total. The Morgan fingerprint density at radius 2 is 0.810 bits per heavy atom. The summed E-state index contributed by atoms with van der Waals surface area (Å²) in [5.41, 5.74) is 21.9. The summed E-state index contributed by atoms with van der Waals surface area (Å²) in [5.74, 6) is 0. The van der Waals surface area contributed by atoms with Crippen molar-refractivity contribution in [3.05, 3.63) is 238 Å². The van der Waals surface area contributed by atoms with Crippen molar-refractivity contribution >= 4 is 34.1 Å². The van der Waals surface area contributed by atoms with Gasteiger partial charge in [-0.1, -0.05) is 154 Å². The Morgan fingerprint density at radius 1 is 0.413 bits per heavy atom. The molecule has 0 aliphatic heterocycles. The van der Waals surface area contributed by atoms with E-state index in [0.29, 0.717) is 0 Å². The van der Waals surface area contributed by atoms with Crippen molar-refractivity contribution in [2.24, 2.45) is 0 Å². The molecular formula is C61H60N2. The fraction of sp³-hybridized carbons (Fsp3) is 0.213. The summed E-state index contributed by atoms with van der Waals surface area (Å²) < 4.78 is 0. The lowest BCUT2D eigenvalue weighted by atomic mass is 9.67. The largest absolute Gasteiger partial charge is 0.310 e. The number of rotatable bonds is 11.